The molecule has 0 nitrogen and oxygen atoms in total. The molecule has 0 aliphatic heterocycles. The number of hydrogen-bond acceptors (Lipinski definition) is 0. The second-order valence-electron chi connectivity index (χ2n) is 4.17. The fraction of sp³-hybridized carbons (Fsp3) is 0.800. The summed E-state index contributed by atoms with van der Waals surface area (Å²) in [5, 5.41) is 0. The largest absolute Gasteiger partial charge is 0.0850 e. The van der Waals surface area contributed by atoms with Gasteiger partial charge >= 0.3 is 0 Å². The van der Waals surface area contributed by atoms with Crippen molar-refractivity contribution in [3.8, 4) is 0 Å². The molecule has 0 spiro atoms. The van der Waals surface area contributed by atoms with Crippen LogP contribution >= 0.6 is 0 Å². The maximum atomic E-state index is 2.49. The Morgan fingerprint density at radius 2 is 2.10 bits per heavy atom. The highest BCUT2D eigenvalue weighted by Gasteiger charge is 2.45. The summed E-state index contributed by atoms with van der Waals surface area (Å²) in [6.45, 7) is 0. The first-order chi connectivity index (χ1) is 4.95. The van der Waals surface area contributed by atoms with Crippen LogP contribution in [0.1, 0.15) is 32.1 Å². The van der Waals surface area contributed by atoms with E-state index in [0.29, 0.717) is 0 Å². The normalized spacial score (nSPS) is 44.2. The Morgan fingerprint density at radius 1 is 1.20 bits per heavy atom. The molecule has 0 heterocycles. The van der Waals surface area contributed by atoms with E-state index >= 15 is 0 Å². The number of rotatable bonds is 1. The standard InChI is InChI=1S/C10H14/c1-2-8-6-10(8)9(3-1)7-4-5-7/h2,7,9-10H,1,3-6H2. The third-order valence-electron chi connectivity index (χ3n) is 3.42. The van der Waals surface area contributed by atoms with Crippen molar-refractivity contribution in [2.24, 2.45) is 17.8 Å². The van der Waals surface area contributed by atoms with Crippen LogP contribution in [-0.2, 0) is 0 Å². The van der Waals surface area contributed by atoms with Crippen LogP contribution in [0.2, 0.25) is 0 Å². The second kappa shape index (κ2) is 1.66. The first-order valence-electron chi connectivity index (χ1n) is 4.64. The summed E-state index contributed by atoms with van der Waals surface area (Å²) in [5.74, 6) is 3.39. The molecule has 2 unspecified atom stereocenters. The Morgan fingerprint density at radius 3 is 2.90 bits per heavy atom. The van der Waals surface area contributed by atoms with Crippen molar-refractivity contribution in [3.05, 3.63) is 11.6 Å². The highest BCUT2D eigenvalue weighted by Crippen LogP contribution is 2.56. The summed E-state index contributed by atoms with van der Waals surface area (Å²) in [7, 11) is 0. The van der Waals surface area contributed by atoms with Gasteiger partial charge < -0.3 is 0 Å². The van der Waals surface area contributed by atoms with Crippen LogP contribution in [0.3, 0.4) is 0 Å². The Kier molecular flexibility index (Phi) is 0.898. The first kappa shape index (κ1) is 5.40. The SMILES string of the molecule is C1=C2CC2C(C2CC2)CC1. The van der Waals surface area contributed by atoms with Crippen molar-refractivity contribution in [2.45, 2.75) is 32.1 Å². The molecule has 0 saturated heterocycles. The van der Waals surface area contributed by atoms with Gasteiger partial charge in [-0.25, -0.2) is 0 Å². The van der Waals surface area contributed by atoms with Crippen molar-refractivity contribution in [3.63, 3.8) is 0 Å². The van der Waals surface area contributed by atoms with E-state index in [-0.39, 0.29) is 0 Å². The molecule has 3 rings (SSSR count). The minimum atomic E-state index is 1.08. The molecule has 0 aromatic heterocycles. The van der Waals surface area contributed by atoms with Crippen molar-refractivity contribution in [1.82, 2.24) is 0 Å². The molecule has 0 N–H and O–H groups in total. The van der Waals surface area contributed by atoms with Gasteiger partial charge in [0.15, 0.2) is 0 Å². The molecule has 10 heavy (non-hydrogen) atoms. The highest BCUT2D eigenvalue weighted by atomic mass is 14.5. The molecule has 0 aromatic carbocycles. The molecule has 54 valence electrons. The van der Waals surface area contributed by atoms with E-state index in [0.717, 1.165) is 17.8 Å². The predicted molar refractivity (Wildman–Crippen MR) is 41.6 cm³/mol. The van der Waals surface area contributed by atoms with Crippen LogP contribution in [-0.4, -0.2) is 0 Å². The maximum absolute atomic E-state index is 2.49. The molecule has 0 heteroatoms. The zero-order valence-electron chi connectivity index (χ0n) is 6.34. The predicted octanol–water partition coefficient (Wildman–Crippen LogP) is 2.75. The third kappa shape index (κ3) is 0.680. The monoisotopic (exact) mass is 134 g/mol. The van der Waals surface area contributed by atoms with E-state index in [4.69, 9.17) is 0 Å². The van der Waals surface area contributed by atoms with E-state index < -0.39 is 0 Å². The van der Waals surface area contributed by atoms with Gasteiger partial charge in [0.1, 0.15) is 0 Å². The van der Waals surface area contributed by atoms with Gasteiger partial charge in [-0.15, -0.1) is 0 Å². The van der Waals surface area contributed by atoms with E-state index in [1.165, 1.54) is 19.3 Å². The van der Waals surface area contributed by atoms with Crippen LogP contribution < -0.4 is 0 Å². The zero-order valence-corrected chi connectivity index (χ0v) is 6.34. The molecular weight excluding hydrogens is 120 g/mol. The first-order valence-corrected chi connectivity index (χ1v) is 4.64. The van der Waals surface area contributed by atoms with Gasteiger partial charge in [0.25, 0.3) is 0 Å². The van der Waals surface area contributed by atoms with Crippen LogP contribution in [0, 0.1) is 17.8 Å². The number of allylic oxidation sites excluding steroid dienone is 2. The lowest BCUT2D eigenvalue weighted by molar-refractivity contribution is 0.381. The average molecular weight is 134 g/mol. The summed E-state index contributed by atoms with van der Waals surface area (Å²) in [5.41, 5.74) is 1.81. The van der Waals surface area contributed by atoms with Gasteiger partial charge in [-0.3, -0.25) is 0 Å². The fourth-order valence-electron chi connectivity index (χ4n) is 2.61. The van der Waals surface area contributed by atoms with Crippen LogP contribution in [0.15, 0.2) is 11.6 Å². The summed E-state index contributed by atoms with van der Waals surface area (Å²) >= 11 is 0. The molecule has 0 aromatic rings. The van der Waals surface area contributed by atoms with Gasteiger partial charge in [-0.1, -0.05) is 11.6 Å². The molecule has 2 saturated carbocycles. The molecule has 2 fully saturated rings. The third-order valence-corrected chi connectivity index (χ3v) is 3.42. The topological polar surface area (TPSA) is 0 Å². The summed E-state index contributed by atoms with van der Waals surface area (Å²) in [6, 6.07) is 0. The Hall–Kier alpha value is -0.260. The molecule has 3 aliphatic rings. The summed E-state index contributed by atoms with van der Waals surface area (Å²) in [4.78, 5) is 0. The quantitative estimate of drug-likeness (QED) is 0.484. The lowest BCUT2D eigenvalue weighted by Gasteiger charge is -2.16. The Bertz CT molecular complexity index is 186. The lowest BCUT2D eigenvalue weighted by atomic mass is 9.89. The summed E-state index contributed by atoms with van der Waals surface area (Å²) < 4.78 is 0. The number of fused-ring (bicyclic) bond motifs is 1. The minimum Gasteiger partial charge on any atom is -0.0850 e. The van der Waals surface area contributed by atoms with Crippen molar-refractivity contribution < 1.29 is 0 Å². The van der Waals surface area contributed by atoms with Gasteiger partial charge in [-0.05, 0) is 49.9 Å². The van der Waals surface area contributed by atoms with Gasteiger partial charge in [0.2, 0.25) is 0 Å². The van der Waals surface area contributed by atoms with Crippen LogP contribution in [0.5, 0.6) is 0 Å². The van der Waals surface area contributed by atoms with Crippen LogP contribution in [0.25, 0.3) is 0 Å². The minimum absolute atomic E-state index is 1.08. The highest BCUT2D eigenvalue weighted by molar-refractivity contribution is 5.28. The lowest BCUT2D eigenvalue weighted by Crippen LogP contribution is -2.07. The average Bonchev–Trinajstić information content (AvgIpc) is 2.83. The van der Waals surface area contributed by atoms with E-state index in [1.807, 2.05) is 5.57 Å². The van der Waals surface area contributed by atoms with Gasteiger partial charge in [0, 0.05) is 0 Å². The molecular formula is C10H14. The van der Waals surface area contributed by atoms with E-state index in [1.54, 1.807) is 12.8 Å². The van der Waals surface area contributed by atoms with Gasteiger partial charge in [-0.2, -0.15) is 0 Å². The molecule has 0 radical (unpaired) electrons. The molecule has 2 atom stereocenters. The number of hydrogen-bond donors (Lipinski definition) is 0. The van der Waals surface area contributed by atoms with Gasteiger partial charge in [0.05, 0.1) is 0 Å². The molecule has 3 aliphatic carbocycles. The fourth-order valence-corrected chi connectivity index (χ4v) is 2.61. The van der Waals surface area contributed by atoms with E-state index in [9.17, 15) is 0 Å². The maximum Gasteiger partial charge on any atom is -0.0135 e. The molecule has 0 bridgehead atoms. The summed E-state index contributed by atoms with van der Waals surface area (Å²) in [6.07, 6.45) is 9.97. The van der Waals surface area contributed by atoms with Crippen molar-refractivity contribution in [1.29, 1.82) is 0 Å². The zero-order chi connectivity index (χ0) is 6.55. The Balaban J connectivity index is 1.80. The Labute approximate surface area is 62.3 Å². The van der Waals surface area contributed by atoms with Crippen molar-refractivity contribution in [2.75, 3.05) is 0 Å². The van der Waals surface area contributed by atoms with E-state index in [2.05, 4.69) is 6.08 Å². The van der Waals surface area contributed by atoms with Crippen molar-refractivity contribution >= 4 is 0 Å². The van der Waals surface area contributed by atoms with Crippen LogP contribution in [0.4, 0.5) is 0 Å². The second-order valence-corrected chi connectivity index (χ2v) is 4.17. The smallest absolute Gasteiger partial charge is 0.0135 e. The molecule has 0 amide bonds.